The fourth-order valence-corrected chi connectivity index (χ4v) is 2.36. The van der Waals surface area contributed by atoms with Crippen LogP contribution >= 0.6 is 22.9 Å². The summed E-state index contributed by atoms with van der Waals surface area (Å²) in [6.07, 6.45) is 2.60. The second-order valence-corrected chi connectivity index (χ2v) is 4.78. The standard InChI is InChI=1S/C12H13ClN2OS/c1-9-12(17-8-15-9)3-5-16-11-2-4-14-10(6-11)7-13/h2,4,6,8H,3,5,7H2,1H3. The molecule has 0 fully saturated rings. The maximum Gasteiger partial charge on any atom is 0.122 e. The van der Waals surface area contributed by atoms with E-state index in [0.29, 0.717) is 12.5 Å². The van der Waals surface area contributed by atoms with Crippen LogP contribution in [0.5, 0.6) is 5.75 Å². The fraction of sp³-hybridized carbons (Fsp3) is 0.333. The predicted octanol–water partition coefficient (Wildman–Crippen LogP) is 3.21. The smallest absolute Gasteiger partial charge is 0.122 e. The molecule has 2 heterocycles. The largest absolute Gasteiger partial charge is 0.493 e. The Hall–Kier alpha value is -1.13. The Kier molecular flexibility index (Phi) is 4.34. The Balaban J connectivity index is 1.87. The van der Waals surface area contributed by atoms with Gasteiger partial charge in [-0.15, -0.1) is 22.9 Å². The van der Waals surface area contributed by atoms with E-state index in [0.717, 1.165) is 23.6 Å². The Bertz CT molecular complexity index is 487. The van der Waals surface area contributed by atoms with Crippen molar-refractivity contribution in [1.82, 2.24) is 9.97 Å². The fourth-order valence-electron chi connectivity index (χ4n) is 1.45. The van der Waals surface area contributed by atoms with Crippen molar-refractivity contribution in [3.8, 4) is 5.75 Å². The first kappa shape index (κ1) is 12.3. The molecule has 2 rings (SSSR count). The average molecular weight is 269 g/mol. The molecule has 5 heteroatoms. The minimum atomic E-state index is 0.408. The summed E-state index contributed by atoms with van der Waals surface area (Å²) in [5, 5.41) is 0. The lowest BCUT2D eigenvalue weighted by Crippen LogP contribution is -2.01. The van der Waals surface area contributed by atoms with Crippen LogP contribution in [-0.2, 0) is 12.3 Å². The van der Waals surface area contributed by atoms with Crippen LogP contribution in [0.3, 0.4) is 0 Å². The molecule has 0 bridgehead atoms. The van der Waals surface area contributed by atoms with Crippen LogP contribution in [0.1, 0.15) is 16.3 Å². The average Bonchev–Trinajstić information content (AvgIpc) is 2.76. The molecule has 0 amide bonds. The van der Waals surface area contributed by atoms with Gasteiger partial charge in [-0.05, 0) is 13.0 Å². The SMILES string of the molecule is Cc1ncsc1CCOc1ccnc(CCl)c1. The highest BCUT2D eigenvalue weighted by Gasteiger charge is 2.02. The molecule has 0 saturated heterocycles. The van der Waals surface area contributed by atoms with Crippen LogP contribution < -0.4 is 4.74 Å². The molecular formula is C12H13ClN2OS. The minimum absolute atomic E-state index is 0.408. The van der Waals surface area contributed by atoms with E-state index in [2.05, 4.69) is 9.97 Å². The van der Waals surface area contributed by atoms with Gasteiger partial charge in [0.15, 0.2) is 0 Å². The monoisotopic (exact) mass is 268 g/mol. The Morgan fingerprint density at radius 1 is 1.41 bits per heavy atom. The van der Waals surface area contributed by atoms with Gasteiger partial charge >= 0.3 is 0 Å². The van der Waals surface area contributed by atoms with E-state index in [4.69, 9.17) is 16.3 Å². The molecule has 17 heavy (non-hydrogen) atoms. The predicted molar refractivity (Wildman–Crippen MR) is 69.8 cm³/mol. The number of thiazole rings is 1. The van der Waals surface area contributed by atoms with Gasteiger partial charge in [-0.1, -0.05) is 0 Å². The number of rotatable bonds is 5. The molecule has 0 spiro atoms. The maximum atomic E-state index is 5.71. The lowest BCUT2D eigenvalue weighted by Gasteiger charge is -2.06. The number of ether oxygens (including phenoxy) is 1. The Labute approximate surface area is 109 Å². The van der Waals surface area contributed by atoms with E-state index >= 15 is 0 Å². The van der Waals surface area contributed by atoms with Crippen molar-refractivity contribution in [3.63, 3.8) is 0 Å². The van der Waals surface area contributed by atoms with E-state index in [-0.39, 0.29) is 0 Å². The van der Waals surface area contributed by atoms with Crippen molar-refractivity contribution < 1.29 is 4.74 Å². The minimum Gasteiger partial charge on any atom is -0.493 e. The summed E-state index contributed by atoms with van der Waals surface area (Å²) in [5.74, 6) is 1.23. The van der Waals surface area contributed by atoms with Crippen molar-refractivity contribution in [3.05, 3.63) is 40.1 Å². The molecule has 0 aliphatic carbocycles. The van der Waals surface area contributed by atoms with Gasteiger partial charge in [0.25, 0.3) is 0 Å². The normalized spacial score (nSPS) is 10.5. The first-order chi connectivity index (χ1) is 8.29. The Morgan fingerprint density at radius 2 is 2.29 bits per heavy atom. The zero-order valence-corrected chi connectivity index (χ0v) is 11.1. The third-order valence-corrected chi connectivity index (χ3v) is 3.64. The Morgan fingerprint density at radius 3 is 3.00 bits per heavy atom. The number of hydrogen-bond donors (Lipinski definition) is 0. The number of halogens is 1. The number of nitrogens with zero attached hydrogens (tertiary/aromatic N) is 2. The molecule has 0 aliphatic rings. The highest BCUT2D eigenvalue weighted by atomic mass is 35.5. The summed E-state index contributed by atoms with van der Waals surface area (Å²) >= 11 is 7.38. The molecule has 3 nitrogen and oxygen atoms in total. The summed E-state index contributed by atoms with van der Waals surface area (Å²) in [7, 11) is 0. The van der Waals surface area contributed by atoms with Crippen molar-refractivity contribution in [2.24, 2.45) is 0 Å². The van der Waals surface area contributed by atoms with Crippen molar-refractivity contribution in [1.29, 1.82) is 0 Å². The van der Waals surface area contributed by atoms with Gasteiger partial charge in [0.2, 0.25) is 0 Å². The molecular weight excluding hydrogens is 256 g/mol. The summed E-state index contributed by atoms with van der Waals surface area (Å²) < 4.78 is 5.66. The van der Waals surface area contributed by atoms with Crippen LogP contribution in [-0.4, -0.2) is 16.6 Å². The second kappa shape index (κ2) is 5.98. The molecule has 0 N–H and O–H groups in total. The molecule has 0 aliphatic heterocycles. The molecule has 0 aromatic carbocycles. The third-order valence-electron chi connectivity index (χ3n) is 2.37. The van der Waals surface area contributed by atoms with Gasteiger partial charge in [-0.25, -0.2) is 4.98 Å². The summed E-state index contributed by atoms with van der Waals surface area (Å²) in [4.78, 5) is 9.59. The van der Waals surface area contributed by atoms with E-state index < -0.39 is 0 Å². The van der Waals surface area contributed by atoms with Crippen molar-refractivity contribution in [2.75, 3.05) is 6.61 Å². The van der Waals surface area contributed by atoms with Gasteiger partial charge in [-0.2, -0.15) is 0 Å². The van der Waals surface area contributed by atoms with Crippen molar-refractivity contribution >= 4 is 22.9 Å². The number of alkyl halides is 1. The van der Waals surface area contributed by atoms with Gasteiger partial charge in [0.05, 0.1) is 29.4 Å². The molecule has 2 aromatic heterocycles. The first-order valence-electron chi connectivity index (χ1n) is 5.32. The number of hydrogen-bond acceptors (Lipinski definition) is 4. The quantitative estimate of drug-likeness (QED) is 0.781. The third kappa shape index (κ3) is 3.41. The molecule has 0 saturated carbocycles. The van der Waals surface area contributed by atoms with Gasteiger partial charge in [0.1, 0.15) is 5.75 Å². The molecule has 0 unspecified atom stereocenters. The highest BCUT2D eigenvalue weighted by molar-refractivity contribution is 7.09. The molecule has 0 atom stereocenters. The maximum absolute atomic E-state index is 5.71. The van der Waals surface area contributed by atoms with Crippen LogP contribution in [0.4, 0.5) is 0 Å². The summed E-state index contributed by atoms with van der Waals surface area (Å²) in [6, 6.07) is 3.71. The van der Waals surface area contributed by atoms with E-state index in [1.54, 1.807) is 17.5 Å². The second-order valence-electron chi connectivity index (χ2n) is 3.58. The number of aromatic nitrogens is 2. The van der Waals surface area contributed by atoms with Gasteiger partial charge in [0, 0.05) is 23.6 Å². The zero-order valence-electron chi connectivity index (χ0n) is 9.52. The number of pyridine rings is 1. The van der Waals surface area contributed by atoms with Crippen LogP contribution in [0.15, 0.2) is 23.8 Å². The van der Waals surface area contributed by atoms with E-state index in [1.165, 1.54) is 4.88 Å². The lowest BCUT2D eigenvalue weighted by molar-refractivity contribution is 0.322. The van der Waals surface area contributed by atoms with Crippen LogP contribution in [0.2, 0.25) is 0 Å². The summed E-state index contributed by atoms with van der Waals surface area (Å²) in [6.45, 7) is 2.67. The number of aryl methyl sites for hydroxylation is 1. The van der Waals surface area contributed by atoms with Crippen LogP contribution in [0, 0.1) is 6.92 Å². The topological polar surface area (TPSA) is 35.0 Å². The van der Waals surface area contributed by atoms with Crippen molar-refractivity contribution in [2.45, 2.75) is 19.2 Å². The lowest BCUT2D eigenvalue weighted by atomic mass is 10.3. The molecule has 2 aromatic rings. The van der Waals surface area contributed by atoms with Gasteiger partial charge in [-0.3, -0.25) is 4.98 Å². The molecule has 0 radical (unpaired) electrons. The first-order valence-corrected chi connectivity index (χ1v) is 6.73. The summed E-state index contributed by atoms with van der Waals surface area (Å²) in [5.41, 5.74) is 3.79. The highest BCUT2D eigenvalue weighted by Crippen LogP contribution is 2.15. The van der Waals surface area contributed by atoms with Gasteiger partial charge < -0.3 is 4.74 Å². The molecule has 90 valence electrons. The zero-order chi connectivity index (χ0) is 12.1. The van der Waals surface area contributed by atoms with E-state index in [9.17, 15) is 0 Å². The van der Waals surface area contributed by atoms with Crippen LogP contribution in [0.25, 0.3) is 0 Å². The van der Waals surface area contributed by atoms with E-state index in [1.807, 2.05) is 24.6 Å².